The van der Waals surface area contributed by atoms with E-state index in [9.17, 15) is 14.0 Å². The lowest BCUT2D eigenvalue weighted by molar-refractivity contribution is -0.120. The van der Waals surface area contributed by atoms with Gasteiger partial charge in [-0.3, -0.25) is 9.59 Å². The quantitative estimate of drug-likeness (QED) is 0.541. The van der Waals surface area contributed by atoms with E-state index in [1.165, 1.54) is 19.2 Å². The van der Waals surface area contributed by atoms with E-state index in [0.29, 0.717) is 37.3 Å². The first-order valence-corrected chi connectivity index (χ1v) is 10.2. The molecule has 3 aromatic rings. The zero-order valence-corrected chi connectivity index (χ0v) is 17.3. The number of rotatable bonds is 4. The van der Waals surface area contributed by atoms with Crippen molar-refractivity contribution < 1.29 is 18.7 Å². The molecule has 1 amide bonds. The number of hydrogen-bond donors (Lipinski definition) is 1. The number of halogens is 2. The molecule has 0 radical (unpaired) electrons. The summed E-state index contributed by atoms with van der Waals surface area (Å²) in [5.74, 6) is -0.639. The SMILES string of the molecule is CCC1(c2cccc(OC)c2)C(=O)Nc2sc(Cl)c(-c3cccc(F)c3)c2C1=O. The third kappa shape index (κ3) is 2.94. The monoisotopic (exact) mass is 429 g/mol. The van der Waals surface area contributed by atoms with Gasteiger partial charge < -0.3 is 10.1 Å². The smallest absolute Gasteiger partial charge is 0.243 e. The van der Waals surface area contributed by atoms with Gasteiger partial charge in [-0.25, -0.2) is 4.39 Å². The van der Waals surface area contributed by atoms with Crippen LogP contribution in [-0.4, -0.2) is 18.8 Å². The summed E-state index contributed by atoms with van der Waals surface area (Å²) in [5.41, 5.74) is 0.369. The van der Waals surface area contributed by atoms with E-state index in [1.54, 1.807) is 43.3 Å². The molecule has 0 saturated heterocycles. The summed E-state index contributed by atoms with van der Waals surface area (Å²) in [6.07, 6.45) is 0.250. The van der Waals surface area contributed by atoms with Crippen molar-refractivity contribution in [3.8, 4) is 16.9 Å². The maximum absolute atomic E-state index is 13.8. The summed E-state index contributed by atoms with van der Waals surface area (Å²) in [6.45, 7) is 1.79. The first-order valence-electron chi connectivity index (χ1n) is 9.01. The van der Waals surface area contributed by atoms with Crippen LogP contribution in [0.4, 0.5) is 9.39 Å². The zero-order valence-electron chi connectivity index (χ0n) is 15.7. The van der Waals surface area contributed by atoms with Crippen molar-refractivity contribution in [2.45, 2.75) is 18.8 Å². The number of fused-ring (bicyclic) bond motifs is 1. The Bertz CT molecular complexity index is 1140. The summed E-state index contributed by atoms with van der Waals surface area (Å²) in [5, 5.41) is 3.24. The van der Waals surface area contributed by atoms with E-state index in [0.717, 1.165) is 11.3 Å². The molecule has 4 rings (SSSR count). The van der Waals surface area contributed by atoms with Crippen LogP contribution >= 0.6 is 22.9 Å². The first-order chi connectivity index (χ1) is 13.9. The molecule has 4 nitrogen and oxygen atoms in total. The minimum atomic E-state index is -1.42. The number of ketones is 1. The molecule has 148 valence electrons. The van der Waals surface area contributed by atoms with Crippen molar-refractivity contribution in [3.63, 3.8) is 0 Å². The summed E-state index contributed by atoms with van der Waals surface area (Å²) in [4.78, 5) is 27.0. The Morgan fingerprint density at radius 1 is 1.14 bits per heavy atom. The summed E-state index contributed by atoms with van der Waals surface area (Å²) in [6, 6.07) is 12.8. The van der Waals surface area contributed by atoms with Gasteiger partial charge in [0.15, 0.2) is 5.78 Å². The molecule has 1 unspecified atom stereocenters. The Morgan fingerprint density at radius 2 is 1.90 bits per heavy atom. The van der Waals surface area contributed by atoms with Crippen LogP contribution in [0.5, 0.6) is 5.75 Å². The van der Waals surface area contributed by atoms with Crippen LogP contribution in [-0.2, 0) is 10.2 Å². The highest BCUT2D eigenvalue weighted by Gasteiger charge is 2.52. The third-order valence-electron chi connectivity index (χ3n) is 5.30. The van der Waals surface area contributed by atoms with E-state index >= 15 is 0 Å². The van der Waals surface area contributed by atoms with Crippen molar-refractivity contribution >= 4 is 39.6 Å². The standard InChI is InChI=1S/C22H17ClFNO3S/c1-3-22(13-7-5-9-15(11-13)28-2)18(26)17-16(12-6-4-8-14(24)10-12)19(23)29-20(17)25-21(22)27/h4-11H,3H2,1-2H3,(H,25,27). The molecule has 1 aliphatic heterocycles. The van der Waals surface area contributed by atoms with Gasteiger partial charge in [-0.2, -0.15) is 0 Å². The van der Waals surface area contributed by atoms with Crippen LogP contribution in [0, 0.1) is 5.82 Å². The molecule has 1 aliphatic rings. The van der Waals surface area contributed by atoms with Crippen molar-refractivity contribution in [2.24, 2.45) is 0 Å². The fourth-order valence-corrected chi connectivity index (χ4v) is 5.19. The highest BCUT2D eigenvalue weighted by molar-refractivity contribution is 7.21. The fourth-order valence-electron chi connectivity index (χ4n) is 3.81. The second-order valence-corrected chi connectivity index (χ2v) is 8.36. The minimum absolute atomic E-state index is 0.250. The largest absolute Gasteiger partial charge is 0.497 e. The fraction of sp³-hybridized carbons (Fsp3) is 0.182. The molecule has 0 aliphatic carbocycles. The van der Waals surface area contributed by atoms with E-state index in [4.69, 9.17) is 16.3 Å². The normalized spacial score (nSPS) is 18.3. The van der Waals surface area contributed by atoms with Crippen molar-refractivity contribution in [3.05, 3.63) is 69.8 Å². The van der Waals surface area contributed by atoms with Crippen LogP contribution in [0.15, 0.2) is 48.5 Å². The molecule has 0 bridgehead atoms. The molecule has 29 heavy (non-hydrogen) atoms. The Kier molecular flexibility index (Phi) is 4.92. The number of thiophene rings is 1. The van der Waals surface area contributed by atoms with Gasteiger partial charge in [-0.05, 0) is 41.8 Å². The molecule has 2 heterocycles. The molecular weight excluding hydrogens is 413 g/mol. The average molecular weight is 430 g/mol. The van der Waals surface area contributed by atoms with Gasteiger partial charge in [0.25, 0.3) is 0 Å². The number of Topliss-reactive ketones (excluding diaryl/α,β-unsaturated/α-hetero) is 1. The van der Waals surface area contributed by atoms with Gasteiger partial charge in [0.2, 0.25) is 5.91 Å². The van der Waals surface area contributed by atoms with Gasteiger partial charge in [0, 0.05) is 5.56 Å². The maximum Gasteiger partial charge on any atom is 0.243 e. The third-order valence-corrected chi connectivity index (χ3v) is 6.61. The second kappa shape index (κ2) is 7.28. The Morgan fingerprint density at radius 3 is 2.59 bits per heavy atom. The van der Waals surface area contributed by atoms with E-state index in [1.807, 2.05) is 0 Å². The van der Waals surface area contributed by atoms with Gasteiger partial charge >= 0.3 is 0 Å². The molecule has 0 saturated carbocycles. The number of anilines is 1. The summed E-state index contributed by atoms with van der Waals surface area (Å²) >= 11 is 7.54. The average Bonchev–Trinajstić information content (AvgIpc) is 3.04. The lowest BCUT2D eigenvalue weighted by atomic mass is 9.69. The highest BCUT2D eigenvalue weighted by Crippen LogP contribution is 2.50. The highest BCUT2D eigenvalue weighted by atomic mass is 35.5. The number of hydrogen-bond acceptors (Lipinski definition) is 4. The predicted octanol–water partition coefficient (Wildman–Crippen LogP) is 5.70. The number of benzene rings is 2. The van der Waals surface area contributed by atoms with E-state index in [-0.39, 0.29) is 12.2 Å². The predicted molar refractivity (Wildman–Crippen MR) is 113 cm³/mol. The second-order valence-electron chi connectivity index (χ2n) is 6.74. The summed E-state index contributed by atoms with van der Waals surface area (Å²) < 4.78 is 19.4. The molecule has 1 N–H and O–H groups in total. The van der Waals surface area contributed by atoms with Crippen LogP contribution in [0.3, 0.4) is 0 Å². The molecule has 1 aromatic heterocycles. The van der Waals surface area contributed by atoms with Crippen LogP contribution in [0.1, 0.15) is 29.3 Å². The number of carbonyl (C=O) groups is 2. The lowest BCUT2D eigenvalue weighted by Crippen LogP contribution is -2.50. The molecule has 0 fully saturated rings. The van der Waals surface area contributed by atoms with Gasteiger partial charge in [-0.1, -0.05) is 42.8 Å². The van der Waals surface area contributed by atoms with Gasteiger partial charge in [0.05, 0.1) is 12.7 Å². The van der Waals surface area contributed by atoms with Gasteiger partial charge in [-0.15, -0.1) is 11.3 Å². The Balaban J connectivity index is 1.95. The lowest BCUT2D eigenvalue weighted by Gasteiger charge is -2.34. The Labute approximate surface area is 176 Å². The van der Waals surface area contributed by atoms with Crippen LogP contribution in [0.25, 0.3) is 11.1 Å². The molecule has 7 heteroatoms. The number of amides is 1. The molecule has 1 atom stereocenters. The minimum Gasteiger partial charge on any atom is -0.497 e. The van der Waals surface area contributed by atoms with E-state index < -0.39 is 17.1 Å². The van der Waals surface area contributed by atoms with Crippen LogP contribution < -0.4 is 10.1 Å². The van der Waals surface area contributed by atoms with Crippen molar-refractivity contribution in [1.82, 2.24) is 0 Å². The molecule has 2 aromatic carbocycles. The Hall–Kier alpha value is -2.70. The molecule has 0 spiro atoms. The van der Waals surface area contributed by atoms with Crippen molar-refractivity contribution in [1.29, 1.82) is 0 Å². The number of carbonyl (C=O) groups excluding carboxylic acids is 2. The topological polar surface area (TPSA) is 55.4 Å². The number of methoxy groups -OCH3 is 1. The van der Waals surface area contributed by atoms with Crippen molar-refractivity contribution in [2.75, 3.05) is 12.4 Å². The van der Waals surface area contributed by atoms with Gasteiger partial charge in [0.1, 0.15) is 26.3 Å². The van der Waals surface area contributed by atoms with E-state index in [2.05, 4.69) is 5.32 Å². The first kappa shape index (κ1) is 19.6. The van der Waals surface area contributed by atoms with Crippen LogP contribution in [0.2, 0.25) is 4.34 Å². The number of nitrogens with one attached hydrogen (secondary N) is 1. The number of ether oxygens (including phenoxy) is 1. The maximum atomic E-state index is 13.8. The molecular formula is C22H17ClFNO3S. The zero-order chi connectivity index (χ0) is 20.8. The summed E-state index contributed by atoms with van der Waals surface area (Å²) in [7, 11) is 1.53.